The van der Waals surface area contributed by atoms with E-state index in [0.717, 1.165) is 63.8 Å². The van der Waals surface area contributed by atoms with Crippen molar-refractivity contribution >= 4 is 0 Å². The predicted octanol–water partition coefficient (Wildman–Crippen LogP) is 4.03. The number of hydrogen-bond donors (Lipinski definition) is 2. The van der Waals surface area contributed by atoms with Gasteiger partial charge in [0, 0.05) is 38.0 Å². The summed E-state index contributed by atoms with van der Waals surface area (Å²) in [5, 5.41) is 23.1. The summed E-state index contributed by atoms with van der Waals surface area (Å²) in [6.07, 6.45) is 13.8. The molecule has 6 heteroatoms. The highest BCUT2D eigenvalue weighted by atomic mass is 16.7. The van der Waals surface area contributed by atoms with Crippen LogP contribution in [0.25, 0.3) is 0 Å². The number of likely N-dealkylation sites (tertiary alicyclic amines) is 2. The molecule has 2 N–H and O–H groups in total. The van der Waals surface area contributed by atoms with Crippen LogP contribution in [0.5, 0.6) is 0 Å². The second kappa shape index (κ2) is 9.41. The predicted molar refractivity (Wildman–Crippen MR) is 143 cm³/mol. The molecule has 0 amide bonds. The number of hydrogen-bond acceptors (Lipinski definition) is 6. The molecule has 210 valence electrons. The number of nitrogens with zero attached hydrogens (tertiary/aromatic N) is 2. The first-order valence-electron chi connectivity index (χ1n) is 16.0. The molecule has 0 bridgehead atoms. The average Bonchev–Trinajstić information content (AvgIpc) is 3.47. The molecular formula is C31H52N2O4. The molecule has 37 heavy (non-hydrogen) atoms. The van der Waals surface area contributed by atoms with Crippen LogP contribution in [0.15, 0.2) is 0 Å². The van der Waals surface area contributed by atoms with E-state index in [4.69, 9.17) is 9.47 Å². The smallest absolute Gasteiger partial charge is 0.170 e. The van der Waals surface area contributed by atoms with Gasteiger partial charge in [-0.2, -0.15) is 0 Å². The maximum atomic E-state index is 11.7. The zero-order valence-electron chi connectivity index (χ0n) is 23.5. The van der Waals surface area contributed by atoms with E-state index in [9.17, 15) is 10.2 Å². The fourth-order valence-corrected chi connectivity index (χ4v) is 11.2. The molecule has 5 unspecified atom stereocenters. The summed E-state index contributed by atoms with van der Waals surface area (Å²) in [7, 11) is 0. The van der Waals surface area contributed by atoms with E-state index >= 15 is 0 Å². The van der Waals surface area contributed by atoms with Crippen LogP contribution in [0.3, 0.4) is 0 Å². The third-order valence-electron chi connectivity index (χ3n) is 13.4. The van der Waals surface area contributed by atoms with E-state index in [1.165, 1.54) is 64.5 Å². The number of rotatable bonds is 2. The summed E-state index contributed by atoms with van der Waals surface area (Å²) in [5.41, 5.74) is 0.389. The number of ether oxygens (including phenoxy) is 2. The lowest BCUT2D eigenvalue weighted by atomic mass is 9.44. The molecule has 1 spiro atoms. The minimum absolute atomic E-state index is 0.0858. The van der Waals surface area contributed by atoms with Crippen molar-refractivity contribution < 1.29 is 19.7 Å². The first-order valence-corrected chi connectivity index (χ1v) is 16.0. The Kier molecular flexibility index (Phi) is 6.54. The second-order valence-electron chi connectivity index (χ2n) is 14.8. The van der Waals surface area contributed by atoms with Crippen LogP contribution in [-0.2, 0) is 9.47 Å². The quantitative estimate of drug-likeness (QED) is 0.578. The Bertz CT molecular complexity index is 833. The van der Waals surface area contributed by atoms with Gasteiger partial charge in [-0.1, -0.05) is 20.3 Å². The van der Waals surface area contributed by atoms with Crippen molar-refractivity contribution in [3.63, 3.8) is 0 Å². The van der Waals surface area contributed by atoms with E-state index < -0.39 is 0 Å². The minimum atomic E-state index is -0.347. The molecule has 7 fully saturated rings. The first kappa shape index (κ1) is 25.7. The minimum Gasteiger partial charge on any atom is -0.391 e. The van der Waals surface area contributed by atoms with Gasteiger partial charge in [0.2, 0.25) is 0 Å². The van der Waals surface area contributed by atoms with Crippen LogP contribution >= 0.6 is 0 Å². The van der Waals surface area contributed by atoms with Gasteiger partial charge in [0.1, 0.15) is 0 Å². The molecule has 0 radical (unpaired) electrons. The van der Waals surface area contributed by atoms with Gasteiger partial charge in [-0.05, 0) is 105 Å². The third kappa shape index (κ3) is 4.01. The van der Waals surface area contributed by atoms with Crippen molar-refractivity contribution in [3.8, 4) is 0 Å². The molecular weight excluding hydrogens is 464 g/mol. The normalized spacial score (nSPS) is 52.5. The third-order valence-corrected chi connectivity index (χ3v) is 13.4. The maximum absolute atomic E-state index is 11.7. The lowest BCUT2D eigenvalue weighted by Gasteiger charge is -2.62. The fourth-order valence-electron chi connectivity index (χ4n) is 11.2. The molecule has 3 heterocycles. The van der Waals surface area contributed by atoms with Crippen molar-refractivity contribution in [2.75, 3.05) is 39.4 Å². The SMILES string of the molecule is C[C@]12CC(N3CCC4(CC3)OCCO4)C(O)CC1CC[C@@H]1[C@H]2CC[C@]2(C)C(O)C(N3CCCCC3)C[C@@H]12. The molecule has 7 rings (SSSR count). The van der Waals surface area contributed by atoms with E-state index in [-0.39, 0.29) is 29.5 Å². The van der Waals surface area contributed by atoms with Crippen molar-refractivity contribution in [1.29, 1.82) is 0 Å². The molecule has 0 aromatic rings. The zero-order valence-corrected chi connectivity index (χ0v) is 23.5. The Morgan fingerprint density at radius 2 is 1.41 bits per heavy atom. The summed E-state index contributed by atoms with van der Waals surface area (Å²) in [4.78, 5) is 5.25. The first-order chi connectivity index (χ1) is 17.8. The van der Waals surface area contributed by atoms with Gasteiger partial charge in [0.05, 0.1) is 25.4 Å². The van der Waals surface area contributed by atoms with Gasteiger partial charge >= 0.3 is 0 Å². The van der Waals surface area contributed by atoms with Crippen molar-refractivity contribution in [2.24, 2.45) is 34.5 Å². The largest absolute Gasteiger partial charge is 0.391 e. The number of fused-ring (bicyclic) bond motifs is 5. The van der Waals surface area contributed by atoms with Crippen LogP contribution in [0.4, 0.5) is 0 Å². The number of aliphatic hydroxyl groups excluding tert-OH is 2. The van der Waals surface area contributed by atoms with E-state index in [0.29, 0.717) is 23.3 Å². The molecule has 0 aromatic heterocycles. The van der Waals surface area contributed by atoms with E-state index in [1.807, 2.05) is 0 Å². The number of piperidine rings is 2. The highest BCUT2D eigenvalue weighted by molar-refractivity contribution is 5.14. The van der Waals surface area contributed by atoms with Crippen LogP contribution < -0.4 is 0 Å². The fraction of sp³-hybridized carbons (Fsp3) is 1.00. The molecule has 3 aliphatic heterocycles. The van der Waals surface area contributed by atoms with Gasteiger partial charge in [0.25, 0.3) is 0 Å². The standard InChI is InChI=1S/C31H52N2O4/c1-29-9-8-23-22(24(29)19-25(28(29)35)32-12-4-3-5-13-32)7-6-21-18-27(34)26(20-30(21,23)2)33-14-10-31(11-15-33)36-16-17-37-31/h21-28,34-35H,3-20H2,1-2H3/t21?,22-,23-,24+,25?,26?,27?,28?,29+,30+/m1/s1. The molecule has 10 atom stereocenters. The summed E-state index contributed by atoms with van der Waals surface area (Å²) < 4.78 is 12.0. The van der Waals surface area contributed by atoms with Crippen molar-refractivity contribution in [1.82, 2.24) is 9.80 Å². The van der Waals surface area contributed by atoms with Crippen LogP contribution in [0.2, 0.25) is 0 Å². The Balaban J connectivity index is 1.09. The molecule has 6 nitrogen and oxygen atoms in total. The average molecular weight is 517 g/mol. The van der Waals surface area contributed by atoms with Gasteiger partial charge in [-0.3, -0.25) is 9.80 Å². The molecule has 4 aliphatic carbocycles. The lowest BCUT2D eigenvalue weighted by molar-refractivity contribution is -0.200. The maximum Gasteiger partial charge on any atom is 0.170 e. The van der Waals surface area contributed by atoms with Crippen molar-refractivity contribution in [3.05, 3.63) is 0 Å². The topological polar surface area (TPSA) is 65.4 Å². The Hall–Kier alpha value is -0.240. The second-order valence-corrected chi connectivity index (χ2v) is 14.8. The van der Waals surface area contributed by atoms with Crippen LogP contribution in [0, 0.1) is 34.5 Å². The Morgan fingerprint density at radius 3 is 2.14 bits per heavy atom. The monoisotopic (exact) mass is 516 g/mol. The molecule has 3 saturated heterocycles. The Labute approximate surface area is 224 Å². The van der Waals surface area contributed by atoms with Gasteiger partial charge in [0.15, 0.2) is 5.79 Å². The summed E-state index contributed by atoms with van der Waals surface area (Å²) >= 11 is 0. The van der Waals surface area contributed by atoms with Crippen LogP contribution in [-0.4, -0.2) is 89.5 Å². The van der Waals surface area contributed by atoms with Gasteiger partial charge in [-0.15, -0.1) is 0 Å². The van der Waals surface area contributed by atoms with Crippen LogP contribution in [0.1, 0.15) is 90.9 Å². The van der Waals surface area contributed by atoms with Gasteiger partial charge in [-0.25, -0.2) is 0 Å². The summed E-state index contributed by atoms with van der Waals surface area (Å²) in [6.45, 7) is 10.8. The van der Waals surface area contributed by atoms with Crippen molar-refractivity contribution in [2.45, 2.75) is 121 Å². The molecule has 4 saturated carbocycles. The zero-order chi connectivity index (χ0) is 25.4. The highest BCUT2D eigenvalue weighted by Gasteiger charge is 2.63. The lowest BCUT2D eigenvalue weighted by Crippen LogP contribution is -2.61. The molecule has 7 aliphatic rings. The summed E-state index contributed by atoms with van der Waals surface area (Å²) in [6, 6.07) is 0.642. The molecule has 0 aromatic carbocycles. The Morgan fingerprint density at radius 1 is 0.703 bits per heavy atom. The highest BCUT2D eigenvalue weighted by Crippen LogP contribution is 2.67. The number of aliphatic hydroxyl groups is 2. The van der Waals surface area contributed by atoms with E-state index in [1.54, 1.807) is 0 Å². The van der Waals surface area contributed by atoms with E-state index in [2.05, 4.69) is 23.6 Å². The van der Waals surface area contributed by atoms with Gasteiger partial charge < -0.3 is 19.7 Å². The summed E-state index contributed by atoms with van der Waals surface area (Å²) in [5.74, 6) is 2.43.